The Bertz CT molecular complexity index is 1580. The number of amides is 1. The number of nitrogens with zero attached hydrogens (tertiary/aromatic N) is 6. The fraction of sp³-hybridized carbons (Fsp3) is 0.148. The number of amidine groups is 1. The molecule has 0 aliphatic carbocycles. The van der Waals surface area contributed by atoms with Gasteiger partial charge in [0.1, 0.15) is 18.0 Å². The third-order valence-electron chi connectivity index (χ3n) is 6.27. The van der Waals surface area contributed by atoms with Crippen LogP contribution >= 0.6 is 0 Å². The van der Waals surface area contributed by atoms with E-state index in [0.29, 0.717) is 48.3 Å². The lowest BCUT2D eigenvalue weighted by Gasteiger charge is -2.30. The van der Waals surface area contributed by atoms with Crippen molar-refractivity contribution in [3.05, 3.63) is 84.1 Å². The minimum absolute atomic E-state index is 0.0495. The van der Waals surface area contributed by atoms with Crippen LogP contribution in [0.5, 0.6) is 0 Å². The molecule has 2 aromatic carbocycles. The monoisotopic (exact) mass is 520 g/mol. The molecular weight excluding hydrogens is 496 g/mol. The number of fused-ring (bicyclic) bond motifs is 1. The van der Waals surface area contributed by atoms with E-state index in [2.05, 4.69) is 36.1 Å². The summed E-state index contributed by atoms with van der Waals surface area (Å²) in [4.78, 5) is 28.5. The standard InChI is InChI=1S/C27H24N10O2/c28-16-31-21-15-37(14-13-29-21)24-19(10-6-12-30-24)26-35-36-27(39-26)34-23-25(38)32-20-11-5-4-9-18(20)22(33-23)17-7-2-1-3-8-17/h1-12,16,23H,13-15H2,(H,32,38)(H,34,36)(H2,28,29,31). The molecule has 0 spiro atoms. The van der Waals surface area contributed by atoms with Crippen LogP contribution in [0.2, 0.25) is 0 Å². The lowest BCUT2D eigenvalue weighted by molar-refractivity contribution is -0.116. The summed E-state index contributed by atoms with van der Waals surface area (Å²) in [6.07, 6.45) is 1.69. The van der Waals surface area contributed by atoms with Gasteiger partial charge in [0.15, 0.2) is 0 Å². The number of pyridine rings is 1. The highest BCUT2D eigenvalue weighted by atomic mass is 16.4. The van der Waals surface area contributed by atoms with Crippen molar-refractivity contribution in [1.29, 1.82) is 5.41 Å². The molecule has 6 rings (SSSR count). The summed E-state index contributed by atoms with van der Waals surface area (Å²) >= 11 is 0. The highest BCUT2D eigenvalue weighted by Crippen LogP contribution is 2.30. The van der Waals surface area contributed by atoms with Crippen LogP contribution in [0.3, 0.4) is 0 Å². The van der Waals surface area contributed by atoms with Gasteiger partial charge < -0.3 is 25.3 Å². The van der Waals surface area contributed by atoms with Gasteiger partial charge >= 0.3 is 6.01 Å². The van der Waals surface area contributed by atoms with E-state index >= 15 is 0 Å². The largest absolute Gasteiger partial charge is 0.403 e. The van der Waals surface area contributed by atoms with Crippen molar-refractivity contribution in [2.45, 2.75) is 6.17 Å². The van der Waals surface area contributed by atoms with Crippen molar-refractivity contribution >= 4 is 41.3 Å². The number of aromatic nitrogens is 3. The van der Waals surface area contributed by atoms with E-state index in [0.717, 1.165) is 17.5 Å². The first-order valence-electron chi connectivity index (χ1n) is 12.3. The highest BCUT2D eigenvalue weighted by Gasteiger charge is 2.28. The first kappa shape index (κ1) is 24.0. The van der Waals surface area contributed by atoms with Crippen molar-refractivity contribution in [2.24, 2.45) is 9.98 Å². The molecule has 4 heterocycles. The molecule has 2 aromatic heterocycles. The highest BCUT2D eigenvalue weighted by molar-refractivity contribution is 6.19. The predicted molar refractivity (Wildman–Crippen MR) is 149 cm³/mol. The zero-order valence-electron chi connectivity index (χ0n) is 20.7. The van der Waals surface area contributed by atoms with Crippen LogP contribution in [0.4, 0.5) is 17.5 Å². The quantitative estimate of drug-likeness (QED) is 0.223. The second kappa shape index (κ2) is 10.5. The fourth-order valence-electron chi connectivity index (χ4n) is 4.50. The summed E-state index contributed by atoms with van der Waals surface area (Å²) in [5, 5.41) is 24.7. The molecule has 12 nitrogen and oxygen atoms in total. The molecule has 0 saturated carbocycles. The van der Waals surface area contributed by atoms with Crippen LogP contribution in [-0.2, 0) is 4.79 Å². The number of benzodiazepines with no additional fused rings is 1. The van der Waals surface area contributed by atoms with Crippen LogP contribution in [0.25, 0.3) is 11.5 Å². The van der Waals surface area contributed by atoms with Crippen LogP contribution in [0.1, 0.15) is 11.1 Å². The number of nitrogens with one attached hydrogen (secondary N) is 4. The lowest BCUT2D eigenvalue weighted by atomic mass is 10.0. The summed E-state index contributed by atoms with van der Waals surface area (Å²) < 4.78 is 5.95. The SMILES string of the molecule is N=C/N=C1/CN(c2ncccc2-c2nnc(NC3N=C(c4ccccc4)c4ccccc4NC3=O)o2)CCN1. The third-order valence-corrected chi connectivity index (χ3v) is 6.27. The Morgan fingerprint density at radius 3 is 2.74 bits per heavy atom. The van der Waals surface area contributed by atoms with E-state index in [1.807, 2.05) is 65.6 Å². The number of aliphatic imine (C=N–C) groups is 2. The Hall–Kier alpha value is -5.39. The van der Waals surface area contributed by atoms with Crippen LogP contribution in [0.15, 0.2) is 87.3 Å². The van der Waals surface area contributed by atoms with Crippen molar-refractivity contribution in [3.8, 4) is 11.5 Å². The summed E-state index contributed by atoms with van der Waals surface area (Å²) in [6.45, 7) is 1.79. The molecule has 1 unspecified atom stereocenters. The molecule has 0 radical (unpaired) electrons. The van der Waals surface area contributed by atoms with Gasteiger partial charge in [-0.25, -0.2) is 15.0 Å². The Labute approximate surface area is 223 Å². The molecule has 4 N–H and O–H groups in total. The van der Waals surface area contributed by atoms with Crippen molar-refractivity contribution < 1.29 is 9.21 Å². The number of rotatable bonds is 6. The van der Waals surface area contributed by atoms with Gasteiger partial charge in [0, 0.05) is 30.4 Å². The maximum atomic E-state index is 13.2. The van der Waals surface area contributed by atoms with E-state index in [-0.39, 0.29) is 17.8 Å². The van der Waals surface area contributed by atoms with Gasteiger partial charge in [0.25, 0.3) is 11.8 Å². The van der Waals surface area contributed by atoms with Crippen molar-refractivity contribution in [3.63, 3.8) is 0 Å². The number of carbonyl (C=O) groups is 1. The molecule has 2 aliphatic heterocycles. The van der Waals surface area contributed by atoms with E-state index in [4.69, 9.17) is 14.8 Å². The number of carbonyl (C=O) groups excluding carboxylic acids is 1. The summed E-state index contributed by atoms with van der Waals surface area (Å²) in [5.41, 5.74) is 3.66. The second-order valence-electron chi connectivity index (χ2n) is 8.77. The molecule has 2 aliphatic rings. The Morgan fingerprint density at radius 2 is 1.87 bits per heavy atom. The van der Waals surface area contributed by atoms with E-state index in [1.165, 1.54) is 0 Å². The maximum absolute atomic E-state index is 13.2. The minimum atomic E-state index is -1.01. The number of benzene rings is 2. The molecule has 194 valence electrons. The fourth-order valence-corrected chi connectivity index (χ4v) is 4.50. The van der Waals surface area contributed by atoms with Gasteiger partial charge in [-0.15, -0.1) is 5.10 Å². The average Bonchev–Trinajstić information content (AvgIpc) is 3.39. The zero-order valence-corrected chi connectivity index (χ0v) is 20.7. The van der Waals surface area contributed by atoms with Crippen LogP contribution in [-0.4, -0.2) is 64.8 Å². The number of anilines is 3. The Kier molecular flexibility index (Phi) is 6.48. The zero-order chi connectivity index (χ0) is 26.6. The average molecular weight is 521 g/mol. The molecule has 1 fully saturated rings. The van der Waals surface area contributed by atoms with E-state index in [9.17, 15) is 4.79 Å². The molecular formula is C27H24N10O2. The van der Waals surface area contributed by atoms with E-state index in [1.54, 1.807) is 12.3 Å². The summed E-state index contributed by atoms with van der Waals surface area (Å²) in [5.74, 6) is 1.22. The van der Waals surface area contributed by atoms with Crippen molar-refractivity contribution in [2.75, 3.05) is 35.2 Å². The predicted octanol–water partition coefficient (Wildman–Crippen LogP) is 2.77. The minimum Gasteiger partial charge on any atom is -0.403 e. The molecule has 1 saturated heterocycles. The van der Waals surface area contributed by atoms with Crippen LogP contribution < -0.4 is 20.9 Å². The van der Waals surface area contributed by atoms with Gasteiger partial charge in [-0.05, 0) is 18.2 Å². The molecule has 1 amide bonds. The molecule has 12 heteroatoms. The summed E-state index contributed by atoms with van der Waals surface area (Å²) in [7, 11) is 0. The van der Waals surface area contributed by atoms with Crippen LogP contribution in [0, 0.1) is 5.41 Å². The number of hydrogen-bond donors (Lipinski definition) is 4. The normalized spacial score (nSPS) is 17.9. The Balaban J connectivity index is 1.30. The first-order valence-corrected chi connectivity index (χ1v) is 12.3. The maximum Gasteiger partial charge on any atom is 0.317 e. The lowest BCUT2D eigenvalue weighted by Crippen LogP contribution is -2.48. The van der Waals surface area contributed by atoms with Gasteiger partial charge in [0.05, 0.1) is 23.5 Å². The van der Waals surface area contributed by atoms with Gasteiger partial charge in [-0.3, -0.25) is 10.2 Å². The van der Waals surface area contributed by atoms with Crippen molar-refractivity contribution in [1.82, 2.24) is 20.5 Å². The van der Waals surface area contributed by atoms with Gasteiger partial charge in [-0.2, -0.15) is 0 Å². The molecule has 4 aromatic rings. The topological polar surface area (TPSA) is 157 Å². The first-order chi connectivity index (χ1) is 19.2. The van der Waals surface area contributed by atoms with Gasteiger partial charge in [-0.1, -0.05) is 53.6 Å². The number of hydrogen-bond acceptors (Lipinski definition) is 9. The second-order valence-corrected chi connectivity index (χ2v) is 8.77. The molecule has 0 bridgehead atoms. The summed E-state index contributed by atoms with van der Waals surface area (Å²) in [6, 6.07) is 20.9. The van der Waals surface area contributed by atoms with E-state index < -0.39 is 6.17 Å². The smallest absolute Gasteiger partial charge is 0.317 e. The van der Waals surface area contributed by atoms with Gasteiger partial charge in [0.2, 0.25) is 6.17 Å². The number of para-hydroxylation sites is 1. The molecule has 1 atom stereocenters. The Morgan fingerprint density at radius 1 is 1.05 bits per heavy atom. The molecule has 39 heavy (non-hydrogen) atoms. The number of piperazine rings is 1. The third kappa shape index (κ3) is 4.94.